The number of amides is 3. The molecule has 1 aliphatic rings. The van der Waals surface area contributed by atoms with Crippen LogP contribution in [0.2, 0.25) is 0 Å². The van der Waals surface area contributed by atoms with Gasteiger partial charge in [0.25, 0.3) is 11.8 Å². The largest absolute Gasteiger partial charge is 0.349 e. The Morgan fingerprint density at radius 1 is 0.909 bits per heavy atom. The van der Waals surface area contributed by atoms with E-state index in [1.165, 1.54) is 0 Å². The Bertz CT molecular complexity index is 1190. The average molecular weight is 442 g/mol. The van der Waals surface area contributed by atoms with E-state index >= 15 is 0 Å². The second-order valence-corrected chi connectivity index (χ2v) is 8.13. The summed E-state index contributed by atoms with van der Waals surface area (Å²) in [7, 11) is 0. The molecule has 6 nitrogen and oxygen atoms in total. The smallest absolute Gasteiger partial charge is 0.254 e. The van der Waals surface area contributed by atoms with Crippen LogP contribution in [0.5, 0.6) is 0 Å². The Kier molecular flexibility index (Phi) is 6.83. The molecule has 1 aliphatic heterocycles. The molecular weight excluding hydrogens is 414 g/mol. The quantitative estimate of drug-likeness (QED) is 0.562. The third-order valence-corrected chi connectivity index (χ3v) is 6.01. The number of benzene rings is 3. The van der Waals surface area contributed by atoms with Gasteiger partial charge in [-0.2, -0.15) is 0 Å². The molecule has 0 radical (unpaired) electrons. The molecule has 6 heteroatoms. The van der Waals surface area contributed by atoms with Gasteiger partial charge in [-0.3, -0.25) is 14.4 Å². The molecule has 3 aromatic rings. The van der Waals surface area contributed by atoms with Crippen molar-refractivity contribution in [1.29, 1.82) is 0 Å². The van der Waals surface area contributed by atoms with Gasteiger partial charge in [0.2, 0.25) is 5.91 Å². The molecule has 33 heavy (non-hydrogen) atoms. The van der Waals surface area contributed by atoms with E-state index in [0.29, 0.717) is 49.3 Å². The molecule has 0 bridgehead atoms. The number of para-hydroxylation sites is 1. The van der Waals surface area contributed by atoms with Gasteiger partial charge in [-0.1, -0.05) is 54.6 Å². The van der Waals surface area contributed by atoms with Crippen LogP contribution < -0.4 is 10.6 Å². The van der Waals surface area contributed by atoms with Crippen LogP contribution in [0.15, 0.2) is 79.4 Å². The van der Waals surface area contributed by atoms with Crippen molar-refractivity contribution in [2.45, 2.75) is 12.8 Å². The highest BCUT2D eigenvalue weighted by molar-refractivity contribution is 6.07. The Hall–Kier alpha value is -3.93. The Labute approximate surface area is 193 Å². The molecule has 168 valence electrons. The summed E-state index contributed by atoms with van der Waals surface area (Å²) in [4.78, 5) is 40.3. The molecule has 0 spiro atoms. The van der Waals surface area contributed by atoms with Gasteiger partial charge in [0.05, 0.1) is 11.3 Å². The maximum atomic E-state index is 13.2. The molecule has 1 heterocycles. The van der Waals surface area contributed by atoms with Crippen molar-refractivity contribution in [2.24, 2.45) is 5.92 Å². The molecule has 3 amide bonds. The molecule has 4 rings (SSSR count). The van der Waals surface area contributed by atoms with E-state index in [4.69, 9.17) is 0 Å². The highest BCUT2D eigenvalue weighted by atomic mass is 16.2. The number of rotatable bonds is 6. The number of nitrogens with zero attached hydrogens (tertiary/aromatic N) is 1. The molecule has 1 saturated heterocycles. The van der Waals surface area contributed by atoms with Gasteiger partial charge in [0, 0.05) is 31.1 Å². The molecule has 1 fully saturated rings. The predicted octanol–water partition coefficient (Wildman–Crippen LogP) is 4.25. The minimum atomic E-state index is -0.263. The van der Waals surface area contributed by atoms with Crippen LogP contribution in [0.25, 0.3) is 10.8 Å². The number of carbonyl (C=O) groups is 3. The van der Waals surface area contributed by atoms with Gasteiger partial charge >= 0.3 is 0 Å². The lowest BCUT2D eigenvalue weighted by molar-refractivity contribution is -0.121. The summed E-state index contributed by atoms with van der Waals surface area (Å²) in [6, 6.07) is 20.6. The van der Waals surface area contributed by atoms with Crippen LogP contribution in [-0.4, -0.2) is 42.3 Å². The summed E-state index contributed by atoms with van der Waals surface area (Å²) >= 11 is 0. The van der Waals surface area contributed by atoms with Crippen molar-refractivity contribution in [3.05, 3.63) is 90.5 Å². The maximum absolute atomic E-state index is 13.2. The van der Waals surface area contributed by atoms with Crippen molar-refractivity contribution in [3.8, 4) is 0 Å². The SMILES string of the molecule is C=CCNC(=O)c1ccccc1NC(=O)C1CCN(C(=O)c2cccc3ccccc23)CC1. The normalized spacial score (nSPS) is 14.0. The van der Waals surface area contributed by atoms with Crippen LogP contribution >= 0.6 is 0 Å². The third kappa shape index (κ3) is 4.95. The number of anilines is 1. The topological polar surface area (TPSA) is 78.5 Å². The summed E-state index contributed by atoms with van der Waals surface area (Å²) < 4.78 is 0. The van der Waals surface area contributed by atoms with Crippen molar-refractivity contribution >= 4 is 34.2 Å². The number of hydrogen-bond donors (Lipinski definition) is 2. The van der Waals surface area contributed by atoms with E-state index < -0.39 is 0 Å². The van der Waals surface area contributed by atoms with Crippen molar-refractivity contribution in [2.75, 3.05) is 25.0 Å². The first kappa shape index (κ1) is 22.3. The molecule has 0 aliphatic carbocycles. The highest BCUT2D eigenvalue weighted by Gasteiger charge is 2.29. The van der Waals surface area contributed by atoms with E-state index in [1.54, 1.807) is 30.3 Å². The van der Waals surface area contributed by atoms with E-state index in [9.17, 15) is 14.4 Å². The predicted molar refractivity (Wildman–Crippen MR) is 130 cm³/mol. The van der Waals surface area contributed by atoms with Crippen LogP contribution in [0.1, 0.15) is 33.6 Å². The highest BCUT2D eigenvalue weighted by Crippen LogP contribution is 2.25. The van der Waals surface area contributed by atoms with Crippen molar-refractivity contribution < 1.29 is 14.4 Å². The number of fused-ring (bicyclic) bond motifs is 1. The van der Waals surface area contributed by atoms with Crippen LogP contribution in [0.3, 0.4) is 0 Å². The molecule has 3 aromatic carbocycles. The standard InChI is InChI=1S/C27H27N3O3/c1-2-16-28-26(32)23-11-5-6-13-24(23)29-25(31)20-14-17-30(18-15-20)27(33)22-12-7-9-19-8-3-4-10-21(19)22/h2-13,20H,1,14-18H2,(H,28,32)(H,29,31). The van der Waals surface area contributed by atoms with Gasteiger partial charge in [-0.15, -0.1) is 6.58 Å². The summed E-state index contributed by atoms with van der Waals surface area (Å²) in [5.41, 5.74) is 1.59. The summed E-state index contributed by atoms with van der Waals surface area (Å²) in [5.74, 6) is -0.613. The first-order chi connectivity index (χ1) is 16.1. The summed E-state index contributed by atoms with van der Waals surface area (Å²) in [5, 5.41) is 7.62. The average Bonchev–Trinajstić information content (AvgIpc) is 2.87. The molecule has 0 saturated carbocycles. The van der Waals surface area contributed by atoms with Gasteiger partial charge in [0.15, 0.2) is 0 Å². The van der Waals surface area contributed by atoms with E-state index in [1.807, 2.05) is 47.4 Å². The lowest BCUT2D eigenvalue weighted by Gasteiger charge is -2.31. The van der Waals surface area contributed by atoms with Gasteiger partial charge in [0.1, 0.15) is 0 Å². The number of carbonyl (C=O) groups excluding carboxylic acids is 3. The maximum Gasteiger partial charge on any atom is 0.254 e. The first-order valence-electron chi connectivity index (χ1n) is 11.1. The molecular formula is C27H27N3O3. The zero-order valence-electron chi connectivity index (χ0n) is 18.4. The lowest BCUT2D eigenvalue weighted by atomic mass is 9.94. The number of hydrogen-bond acceptors (Lipinski definition) is 3. The monoisotopic (exact) mass is 441 g/mol. The summed E-state index contributed by atoms with van der Waals surface area (Å²) in [6.07, 6.45) is 2.76. The molecule has 2 N–H and O–H groups in total. The minimum absolute atomic E-state index is 0.00473. The first-order valence-corrected chi connectivity index (χ1v) is 11.1. The van der Waals surface area contributed by atoms with E-state index in [0.717, 1.165) is 10.8 Å². The zero-order chi connectivity index (χ0) is 23.2. The molecule has 0 atom stereocenters. The zero-order valence-corrected chi connectivity index (χ0v) is 18.4. The third-order valence-electron chi connectivity index (χ3n) is 6.01. The molecule has 0 aromatic heterocycles. The van der Waals surface area contributed by atoms with Crippen molar-refractivity contribution in [3.63, 3.8) is 0 Å². The fourth-order valence-corrected chi connectivity index (χ4v) is 4.21. The van der Waals surface area contributed by atoms with E-state index in [2.05, 4.69) is 17.2 Å². The fraction of sp³-hybridized carbons (Fsp3) is 0.222. The minimum Gasteiger partial charge on any atom is -0.349 e. The van der Waals surface area contributed by atoms with Crippen LogP contribution in [-0.2, 0) is 4.79 Å². The second-order valence-electron chi connectivity index (χ2n) is 8.13. The molecule has 0 unspecified atom stereocenters. The van der Waals surface area contributed by atoms with Crippen LogP contribution in [0, 0.1) is 5.92 Å². The Morgan fingerprint density at radius 3 is 2.36 bits per heavy atom. The number of piperidine rings is 1. The van der Waals surface area contributed by atoms with Gasteiger partial charge < -0.3 is 15.5 Å². The van der Waals surface area contributed by atoms with Gasteiger partial charge in [-0.25, -0.2) is 0 Å². The fourth-order valence-electron chi connectivity index (χ4n) is 4.21. The Balaban J connectivity index is 1.39. The summed E-state index contributed by atoms with van der Waals surface area (Å²) in [6.45, 7) is 4.98. The van der Waals surface area contributed by atoms with E-state index in [-0.39, 0.29) is 23.6 Å². The van der Waals surface area contributed by atoms with Crippen LogP contribution in [0.4, 0.5) is 5.69 Å². The number of likely N-dealkylation sites (tertiary alicyclic amines) is 1. The second kappa shape index (κ2) is 10.1. The lowest BCUT2D eigenvalue weighted by Crippen LogP contribution is -2.41. The Morgan fingerprint density at radius 2 is 1.58 bits per heavy atom. The van der Waals surface area contributed by atoms with Gasteiger partial charge in [-0.05, 0) is 41.8 Å². The number of nitrogens with one attached hydrogen (secondary N) is 2. The van der Waals surface area contributed by atoms with Crippen molar-refractivity contribution in [1.82, 2.24) is 10.2 Å².